The highest BCUT2D eigenvalue weighted by Crippen LogP contribution is 2.30. The number of alkyl halides is 3. The van der Waals surface area contributed by atoms with Crippen molar-refractivity contribution in [2.75, 3.05) is 0 Å². The SMILES string of the molecule is O=C(Cc1cccc(C(F)(F)F)c1)N[C@@H]1CC[C@H](C(=O)O)C1. The second kappa shape index (κ2) is 6.37. The van der Waals surface area contributed by atoms with E-state index in [0.29, 0.717) is 19.3 Å². The zero-order valence-corrected chi connectivity index (χ0v) is 11.7. The molecule has 0 spiro atoms. The van der Waals surface area contributed by atoms with Crippen LogP contribution in [0.1, 0.15) is 30.4 Å². The molecule has 1 aliphatic carbocycles. The summed E-state index contributed by atoms with van der Waals surface area (Å²) >= 11 is 0. The van der Waals surface area contributed by atoms with Crippen LogP contribution in [0.5, 0.6) is 0 Å². The lowest BCUT2D eigenvalue weighted by molar-refractivity contribution is -0.141. The van der Waals surface area contributed by atoms with Crippen LogP contribution < -0.4 is 5.32 Å². The zero-order valence-electron chi connectivity index (χ0n) is 11.7. The summed E-state index contributed by atoms with van der Waals surface area (Å²) in [6, 6.07) is 4.41. The summed E-state index contributed by atoms with van der Waals surface area (Å²) in [5.41, 5.74) is -0.510. The Morgan fingerprint density at radius 2 is 2.00 bits per heavy atom. The molecule has 1 aromatic rings. The Balaban J connectivity index is 1.92. The molecule has 0 radical (unpaired) electrons. The van der Waals surface area contributed by atoms with Crippen LogP contribution in [0.2, 0.25) is 0 Å². The van der Waals surface area contributed by atoms with E-state index in [0.717, 1.165) is 12.1 Å². The lowest BCUT2D eigenvalue weighted by atomic mass is 10.1. The Morgan fingerprint density at radius 1 is 1.27 bits per heavy atom. The number of carbonyl (C=O) groups is 2. The first-order valence-electron chi connectivity index (χ1n) is 6.94. The van der Waals surface area contributed by atoms with Crippen molar-refractivity contribution in [2.24, 2.45) is 5.92 Å². The first-order valence-corrected chi connectivity index (χ1v) is 6.94. The molecule has 0 heterocycles. The number of aliphatic carboxylic acids is 1. The van der Waals surface area contributed by atoms with E-state index in [1.54, 1.807) is 0 Å². The molecular weight excluding hydrogens is 299 g/mol. The van der Waals surface area contributed by atoms with Gasteiger partial charge in [-0.3, -0.25) is 9.59 Å². The highest BCUT2D eigenvalue weighted by molar-refractivity contribution is 5.79. The van der Waals surface area contributed by atoms with Gasteiger partial charge in [-0.1, -0.05) is 18.2 Å². The van der Waals surface area contributed by atoms with Gasteiger partial charge in [-0.05, 0) is 30.9 Å². The summed E-state index contributed by atoms with van der Waals surface area (Å²) in [5, 5.41) is 11.6. The van der Waals surface area contributed by atoms with E-state index < -0.39 is 29.5 Å². The van der Waals surface area contributed by atoms with Crippen molar-refractivity contribution >= 4 is 11.9 Å². The maximum absolute atomic E-state index is 12.6. The van der Waals surface area contributed by atoms with Crippen LogP contribution in [0.3, 0.4) is 0 Å². The van der Waals surface area contributed by atoms with Crippen molar-refractivity contribution in [3.05, 3.63) is 35.4 Å². The number of carboxylic acid groups (broad SMARTS) is 1. The van der Waals surface area contributed by atoms with Crippen LogP contribution in [-0.4, -0.2) is 23.0 Å². The average molecular weight is 315 g/mol. The third-order valence-electron chi connectivity index (χ3n) is 3.77. The largest absolute Gasteiger partial charge is 0.481 e. The number of nitrogens with one attached hydrogen (secondary N) is 1. The molecule has 0 aromatic heterocycles. The molecule has 22 heavy (non-hydrogen) atoms. The highest BCUT2D eigenvalue weighted by Gasteiger charge is 2.31. The molecule has 1 aliphatic rings. The third kappa shape index (κ3) is 4.22. The topological polar surface area (TPSA) is 66.4 Å². The standard InChI is InChI=1S/C15H16F3NO3/c16-15(17,18)11-3-1-2-9(6-11)7-13(20)19-12-5-4-10(8-12)14(21)22/h1-3,6,10,12H,4-5,7-8H2,(H,19,20)(H,21,22)/t10-,12+/m0/s1. The van der Waals surface area contributed by atoms with Gasteiger partial charge in [0.05, 0.1) is 17.9 Å². The van der Waals surface area contributed by atoms with Crippen molar-refractivity contribution in [1.82, 2.24) is 5.32 Å². The summed E-state index contributed by atoms with van der Waals surface area (Å²) in [5.74, 6) is -1.73. The fourth-order valence-corrected chi connectivity index (χ4v) is 2.66. The molecule has 0 unspecified atom stereocenters. The van der Waals surface area contributed by atoms with Gasteiger partial charge in [0.25, 0.3) is 0 Å². The van der Waals surface area contributed by atoms with E-state index in [4.69, 9.17) is 5.11 Å². The number of carboxylic acids is 1. The fourth-order valence-electron chi connectivity index (χ4n) is 2.66. The number of rotatable bonds is 4. The van der Waals surface area contributed by atoms with Gasteiger partial charge in [0.1, 0.15) is 0 Å². The number of hydrogen-bond donors (Lipinski definition) is 2. The van der Waals surface area contributed by atoms with E-state index in [-0.39, 0.29) is 18.0 Å². The van der Waals surface area contributed by atoms with Crippen LogP contribution in [0.4, 0.5) is 13.2 Å². The van der Waals surface area contributed by atoms with Crippen LogP contribution in [0, 0.1) is 5.92 Å². The zero-order chi connectivity index (χ0) is 16.3. The summed E-state index contributed by atoms with van der Waals surface area (Å²) in [6.07, 6.45) is -3.15. The quantitative estimate of drug-likeness (QED) is 0.897. The van der Waals surface area contributed by atoms with Crippen molar-refractivity contribution in [1.29, 1.82) is 0 Å². The highest BCUT2D eigenvalue weighted by atomic mass is 19.4. The molecule has 0 saturated heterocycles. The Labute approximate surface area is 125 Å². The van der Waals surface area contributed by atoms with Crippen LogP contribution in [0.15, 0.2) is 24.3 Å². The molecule has 2 rings (SSSR count). The Hall–Kier alpha value is -2.05. The Morgan fingerprint density at radius 3 is 2.59 bits per heavy atom. The van der Waals surface area contributed by atoms with Crippen LogP contribution in [-0.2, 0) is 22.2 Å². The first-order chi connectivity index (χ1) is 10.3. The number of carbonyl (C=O) groups excluding carboxylic acids is 1. The summed E-state index contributed by atoms with van der Waals surface area (Å²) in [4.78, 5) is 22.7. The maximum Gasteiger partial charge on any atom is 0.416 e. The van der Waals surface area contributed by atoms with E-state index in [2.05, 4.69) is 5.32 Å². The minimum absolute atomic E-state index is 0.155. The van der Waals surface area contributed by atoms with Gasteiger partial charge in [-0.25, -0.2) is 0 Å². The molecule has 1 aromatic carbocycles. The van der Waals surface area contributed by atoms with E-state index in [9.17, 15) is 22.8 Å². The second-order valence-corrected chi connectivity index (χ2v) is 5.49. The van der Waals surface area contributed by atoms with E-state index in [1.807, 2.05) is 0 Å². The van der Waals surface area contributed by atoms with Gasteiger partial charge in [0.2, 0.25) is 5.91 Å². The van der Waals surface area contributed by atoms with E-state index >= 15 is 0 Å². The second-order valence-electron chi connectivity index (χ2n) is 5.49. The predicted molar refractivity (Wildman–Crippen MR) is 72.1 cm³/mol. The summed E-state index contributed by atoms with van der Waals surface area (Å²) < 4.78 is 37.8. The lowest BCUT2D eigenvalue weighted by Gasteiger charge is -2.13. The summed E-state index contributed by atoms with van der Waals surface area (Å²) in [6.45, 7) is 0. The average Bonchev–Trinajstić information content (AvgIpc) is 2.86. The van der Waals surface area contributed by atoms with Gasteiger partial charge < -0.3 is 10.4 Å². The minimum Gasteiger partial charge on any atom is -0.481 e. The third-order valence-corrected chi connectivity index (χ3v) is 3.77. The molecule has 1 fully saturated rings. The lowest BCUT2D eigenvalue weighted by Crippen LogP contribution is -2.34. The maximum atomic E-state index is 12.6. The minimum atomic E-state index is -4.44. The Bertz CT molecular complexity index is 571. The van der Waals surface area contributed by atoms with Gasteiger partial charge in [-0.15, -0.1) is 0 Å². The molecule has 2 atom stereocenters. The van der Waals surface area contributed by atoms with Gasteiger partial charge in [-0.2, -0.15) is 13.2 Å². The molecule has 0 aliphatic heterocycles. The first kappa shape index (κ1) is 16.3. The van der Waals surface area contributed by atoms with Gasteiger partial charge in [0, 0.05) is 6.04 Å². The van der Waals surface area contributed by atoms with Crippen LogP contribution in [0.25, 0.3) is 0 Å². The molecular formula is C15H16F3NO3. The predicted octanol–water partition coefficient (Wildman–Crippen LogP) is 2.62. The number of halogens is 3. The van der Waals surface area contributed by atoms with Crippen molar-refractivity contribution in [3.63, 3.8) is 0 Å². The molecule has 0 bridgehead atoms. The monoisotopic (exact) mass is 315 g/mol. The van der Waals surface area contributed by atoms with Crippen molar-refractivity contribution < 1.29 is 27.9 Å². The molecule has 120 valence electrons. The molecule has 7 heteroatoms. The molecule has 1 saturated carbocycles. The van der Waals surface area contributed by atoms with E-state index in [1.165, 1.54) is 12.1 Å². The fraction of sp³-hybridized carbons (Fsp3) is 0.467. The molecule has 1 amide bonds. The van der Waals surface area contributed by atoms with Crippen molar-refractivity contribution in [2.45, 2.75) is 37.9 Å². The molecule has 2 N–H and O–H groups in total. The smallest absolute Gasteiger partial charge is 0.416 e. The normalized spacial score (nSPS) is 21.6. The van der Waals surface area contributed by atoms with Gasteiger partial charge >= 0.3 is 12.1 Å². The Kier molecular flexibility index (Phi) is 4.73. The number of amides is 1. The molecule has 4 nitrogen and oxygen atoms in total. The number of benzene rings is 1. The van der Waals surface area contributed by atoms with Gasteiger partial charge in [0.15, 0.2) is 0 Å². The van der Waals surface area contributed by atoms with Crippen LogP contribution >= 0.6 is 0 Å². The summed E-state index contributed by atoms with van der Waals surface area (Å²) in [7, 11) is 0. The number of hydrogen-bond acceptors (Lipinski definition) is 2. The van der Waals surface area contributed by atoms with Crippen molar-refractivity contribution in [3.8, 4) is 0 Å².